The highest BCUT2D eigenvalue weighted by molar-refractivity contribution is 5.65. The molecule has 0 aliphatic heterocycles. The van der Waals surface area contributed by atoms with Crippen LogP contribution in [0.2, 0.25) is 0 Å². The Morgan fingerprint density at radius 2 is 1.50 bits per heavy atom. The molecular weight excluding hydrogens is 242 g/mol. The van der Waals surface area contributed by atoms with Gasteiger partial charge in [0.15, 0.2) is 0 Å². The number of aromatic nitrogens is 1. The fraction of sp³-hybridized carbons (Fsp3) is 0.158. The lowest BCUT2D eigenvalue weighted by molar-refractivity contribution is 1.01. The predicted octanol–water partition coefficient (Wildman–Crippen LogP) is 5.07. The minimum Gasteiger partial charge on any atom is -0.314 e. The molecule has 0 bridgehead atoms. The van der Waals surface area contributed by atoms with E-state index in [2.05, 4.69) is 86.0 Å². The van der Waals surface area contributed by atoms with Gasteiger partial charge in [-0.3, -0.25) is 0 Å². The van der Waals surface area contributed by atoms with Crippen molar-refractivity contribution in [1.82, 2.24) is 4.57 Å². The van der Waals surface area contributed by atoms with Crippen LogP contribution in [0.4, 0.5) is 0 Å². The van der Waals surface area contributed by atoms with E-state index in [4.69, 9.17) is 0 Å². The van der Waals surface area contributed by atoms with Gasteiger partial charge in [-0.15, -0.1) is 0 Å². The van der Waals surface area contributed by atoms with Crippen molar-refractivity contribution in [2.75, 3.05) is 0 Å². The zero-order valence-electron chi connectivity index (χ0n) is 12.2. The molecule has 0 radical (unpaired) electrons. The highest BCUT2D eigenvalue weighted by Gasteiger charge is 2.11. The molecule has 0 atom stereocenters. The minimum absolute atomic E-state index is 1.25. The first-order valence-corrected chi connectivity index (χ1v) is 6.98. The Labute approximate surface area is 120 Å². The smallest absolute Gasteiger partial charge is 0.0531 e. The van der Waals surface area contributed by atoms with Gasteiger partial charge >= 0.3 is 0 Å². The Bertz CT molecular complexity index is 736. The first kappa shape index (κ1) is 12.7. The van der Waals surface area contributed by atoms with Crippen LogP contribution >= 0.6 is 0 Å². The van der Waals surface area contributed by atoms with Gasteiger partial charge in [0.25, 0.3) is 0 Å². The molecule has 1 aromatic heterocycles. The van der Waals surface area contributed by atoms with Gasteiger partial charge in [0.05, 0.1) is 5.69 Å². The van der Waals surface area contributed by atoms with Gasteiger partial charge in [-0.2, -0.15) is 0 Å². The van der Waals surface area contributed by atoms with Crippen LogP contribution in [-0.2, 0) is 0 Å². The molecule has 100 valence electrons. The Morgan fingerprint density at radius 1 is 0.750 bits per heavy atom. The average molecular weight is 261 g/mol. The van der Waals surface area contributed by atoms with E-state index in [1.165, 1.54) is 33.8 Å². The standard InChI is InChI=1S/C19H19N/c1-14-9-10-15(2)19(13-14)20-16(3)11-12-18(20)17-7-5-4-6-8-17/h4-13H,1-3H3. The molecule has 1 heterocycles. The van der Waals surface area contributed by atoms with Crippen molar-refractivity contribution < 1.29 is 0 Å². The lowest BCUT2D eigenvalue weighted by Gasteiger charge is -2.15. The summed E-state index contributed by atoms with van der Waals surface area (Å²) in [5.74, 6) is 0. The van der Waals surface area contributed by atoms with E-state index in [1.54, 1.807) is 0 Å². The van der Waals surface area contributed by atoms with Crippen LogP contribution in [0, 0.1) is 20.8 Å². The van der Waals surface area contributed by atoms with Gasteiger partial charge in [-0.25, -0.2) is 0 Å². The molecular formula is C19H19N. The van der Waals surface area contributed by atoms with Gasteiger partial charge < -0.3 is 4.57 Å². The summed E-state index contributed by atoms with van der Waals surface area (Å²) in [6, 6.07) is 21.6. The third-order valence-electron chi connectivity index (χ3n) is 3.75. The van der Waals surface area contributed by atoms with Gasteiger partial charge in [-0.1, -0.05) is 42.5 Å². The maximum Gasteiger partial charge on any atom is 0.0531 e. The molecule has 0 spiro atoms. The average Bonchev–Trinajstić information content (AvgIpc) is 2.84. The van der Waals surface area contributed by atoms with Crippen molar-refractivity contribution in [3.05, 3.63) is 77.5 Å². The topological polar surface area (TPSA) is 4.93 Å². The van der Waals surface area contributed by atoms with Crippen molar-refractivity contribution in [3.8, 4) is 16.9 Å². The molecule has 0 amide bonds. The number of nitrogens with zero attached hydrogens (tertiary/aromatic N) is 1. The molecule has 0 fully saturated rings. The van der Waals surface area contributed by atoms with Crippen LogP contribution in [0.15, 0.2) is 60.7 Å². The van der Waals surface area contributed by atoms with Crippen molar-refractivity contribution in [2.45, 2.75) is 20.8 Å². The second kappa shape index (κ2) is 5.01. The first-order chi connectivity index (χ1) is 9.66. The van der Waals surface area contributed by atoms with E-state index < -0.39 is 0 Å². The SMILES string of the molecule is Cc1ccc(C)c(-n2c(C)ccc2-c2ccccc2)c1. The predicted molar refractivity (Wildman–Crippen MR) is 85.4 cm³/mol. The van der Waals surface area contributed by atoms with E-state index in [-0.39, 0.29) is 0 Å². The van der Waals surface area contributed by atoms with Crippen molar-refractivity contribution in [3.63, 3.8) is 0 Å². The molecule has 20 heavy (non-hydrogen) atoms. The second-order valence-corrected chi connectivity index (χ2v) is 5.35. The van der Waals surface area contributed by atoms with Crippen molar-refractivity contribution >= 4 is 0 Å². The summed E-state index contributed by atoms with van der Waals surface area (Å²) in [5.41, 5.74) is 7.62. The summed E-state index contributed by atoms with van der Waals surface area (Å²) in [6.45, 7) is 6.47. The minimum atomic E-state index is 1.25. The molecule has 0 aliphatic rings. The maximum absolute atomic E-state index is 2.34. The number of hydrogen-bond acceptors (Lipinski definition) is 0. The summed E-state index contributed by atoms with van der Waals surface area (Å²) in [4.78, 5) is 0. The Balaban J connectivity index is 2.24. The van der Waals surface area contributed by atoms with Gasteiger partial charge in [0.2, 0.25) is 0 Å². The van der Waals surface area contributed by atoms with Crippen LogP contribution in [0.5, 0.6) is 0 Å². The molecule has 0 saturated heterocycles. The Hall–Kier alpha value is -2.28. The lowest BCUT2D eigenvalue weighted by atomic mass is 10.1. The first-order valence-electron chi connectivity index (χ1n) is 6.98. The maximum atomic E-state index is 2.34. The van der Waals surface area contributed by atoms with Gasteiger partial charge in [0.1, 0.15) is 0 Å². The summed E-state index contributed by atoms with van der Waals surface area (Å²) in [6.07, 6.45) is 0. The van der Waals surface area contributed by atoms with Crippen molar-refractivity contribution in [2.24, 2.45) is 0 Å². The van der Waals surface area contributed by atoms with Crippen LogP contribution in [-0.4, -0.2) is 4.57 Å². The van der Waals surface area contributed by atoms with Crippen molar-refractivity contribution in [1.29, 1.82) is 0 Å². The third kappa shape index (κ3) is 2.16. The monoisotopic (exact) mass is 261 g/mol. The molecule has 1 nitrogen and oxygen atoms in total. The van der Waals surface area contributed by atoms with Crippen LogP contribution in [0.3, 0.4) is 0 Å². The number of hydrogen-bond donors (Lipinski definition) is 0. The van der Waals surface area contributed by atoms with E-state index >= 15 is 0 Å². The van der Waals surface area contributed by atoms with E-state index in [0.29, 0.717) is 0 Å². The summed E-state index contributed by atoms with van der Waals surface area (Å²) < 4.78 is 2.34. The number of rotatable bonds is 2. The molecule has 1 heteroatoms. The third-order valence-corrected chi connectivity index (χ3v) is 3.75. The molecule has 2 aromatic carbocycles. The van der Waals surface area contributed by atoms with Gasteiger partial charge in [-0.05, 0) is 55.7 Å². The largest absolute Gasteiger partial charge is 0.314 e. The second-order valence-electron chi connectivity index (χ2n) is 5.35. The normalized spacial score (nSPS) is 10.8. The Kier molecular flexibility index (Phi) is 3.19. The molecule has 0 N–H and O–H groups in total. The fourth-order valence-electron chi connectivity index (χ4n) is 2.65. The summed E-state index contributed by atoms with van der Waals surface area (Å²) in [5, 5.41) is 0. The quantitative estimate of drug-likeness (QED) is 0.607. The molecule has 0 aliphatic carbocycles. The molecule has 0 saturated carbocycles. The zero-order chi connectivity index (χ0) is 14.1. The highest BCUT2D eigenvalue weighted by Crippen LogP contribution is 2.28. The highest BCUT2D eigenvalue weighted by atomic mass is 15.0. The number of benzene rings is 2. The van der Waals surface area contributed by atoms with E-state index in [0.717, 1.165) is 0 Å². The van der Waals surface area contributed by atoms with Crippen LogP contribution in [0.1, 0.15) is 16.8 Å². The van der Waals surface area contributed by atoms with E-state index in [9.17, 15) is 0 Å². The van der Waals surface area contributed by atoms with Crippen LogP contribution < -0.4 is 0 Å². The van der Waals surface area contributed by atoms with Gasteiger partial charge in [0, 0.05) is 11.4 Å². The molecule has 3 rings (SSSR count). The fourth-order valence-corrected chi connectivity index (χ4v) is 2.65. The van der Waals surface area contributed by atoms with Crippen LogP contribution in [0.25, 0.3) is 16.9 Å². The zero-order valence-corrected chi connectivity index (χ0v) is 12.2. The number of aryl methyl sites for hydroxylation is 3. The lowest BCUT2D eigenvalue weighted by Crippen LogP contribution is -2.01. The Morgan fingerprint density at radius 3 is 2.25 bits per heavy atom. The molecule has 3 aromatic rings. The summed E-state index contributed by atoms with van der Waals surface area (Å²) >= 11 is 0. The van der Waals surface area contributed by atoms with E-state index in [1.807, 2.05) is 0 Å². The summed E-state index contributed by atoms with van der Waals surface area (Å²) in [7, 11) is 0. The molecule has 0 unspecified atom stereocenters.